The van der Waals surface area contributed by atoms with Crippen LogP contribution in [0.1, 0.15) is 0 Å². The molecule has 0 aliphatic carbocycles. The average molecular weight is 260 g/mol. The first-order valence-electron chi connectivity index (χ1n) is 4.93. The monoisotopic (exact) mass is 259 g/mol. The highest BCUT2D eigenvalue weighted by Crippen LogP contribution is 2.18. The molecule has 1 heterocycles. The third-order valence-electron chi connectivity index (χ3n) is 1.75. The topological polar surface area (TPSA) is 102 Å². The molecule has 1 aromatic rings. The van der Waals surface area contributed by atoms with E-state index < -0.39 is 5.91 Å². The van der Waals surface area contributed by atoms with Gasteiger partial charge in [0.05, 0.1) is 12.8 Å². The van der Waals surface area contributed by atoms with E-state index in [-0.39, 0.29) is 6.61 Å². The lowest BCUT2D eigenvalue weighted by molar-refractivity contribution is -0.122. The summed E-state index contributed by atoms with van der Waals surface area (Å²) in [5.41, 5.74) is 4.91. The van der Waals surface area contributed by atoms with Gasteiger partial charge in [0.2, 0.25) is 11.9 Å². The molecule has 17 heavy (non-hydrogen) atoms. The van der Waals surface area contributed by atoms with Crippen LogP contribution >= 0.6 is 11.6 Å². The number of rotatable bonds is 7. The normalized spacial score (nSPS) is 10.0. The van der Waals surface area contributed by atoms with E-state index >= 15 is 0 Å². The smallest absolute Gasteiger partial charge is 0.243 e. The number of ether oxygens (including phenoxy) is 1. The van der Waals surface area contributed by atoms with Crippen LogP contribution in [0.15, 0.2) is 6.20 Å². The zero-order valence-electron chi connectivity index (χ0n) is 9.36. The number of nitrogens with two attached hydrogens (primary N) is 1. The summed E-state index contributed by atoms with van der Waals surface area (Å²) in [6.07, 6.45) is 1.49. The van der Waals surface area contributed by atoms with Gasteiger partial charge in [0.25, 0.3) is 0 Å². The van der Waals surface area contributed by atoms with Crippen LogP contribution in [0.5, 0.6) is 0 Å². The number of carbonyl (C=O) groups excluding carboxylic acids is 1. The van der Waals surface area contributed by atoms with Crippen molar-refractivity contribution < 1.29 is 9.53 Å². The third-order valence-corrected chi connectivity index (χ3v) is 2.03. The molecule has 0 atom stereocenters. The van der Waals surface area contributed by atoms with E-state index in [0.29, 0.717) is 29.9 Å². The van der Waals surface area contributed by atoms with E-state index in [2.05, 4.69) is 20.6 Å². The third kappa shape index (κ3) is 4.83. The first-order valence-corrected chi connectivity index (χ1v) is 5.31. The maximum Gasteiger partial charge on any atom is 0.243 e. The molecule has 0 bridgehead atoms. The molecular formula is C9H14ClN5O2. The van der Waals surface area contributed by atoms with Crippen molar-refractivity contribution in [2.24, 2.45) is 5.73 Å². The van der Waals surface area contributed by atoms with E-state index in [1.54, 1.807) is 7.05 Å². The van der Waals surface area contributed by atoms with Gasteiger partial charge >= 0.3 is 0 Å². The van der Waals surface area contributed by atoms with Crippen LogP contribution in [0.3, 0.4) is 0 Å². The fourth-order valence-corrected chi connectivity index (χ4v) is 1.18. The molecule has 0 saturated heterocycles. The SMILES string of the molecule is CNc1ncc(Cl)c(NCCOCC(N)=O)n1. The number of hydrogen-bond donors (Lipinski definition) is 3. The molecular weight excluding hydrogens is 246 g/mol. The first-order chi connectivity index (χ1) is 8.13. The van der Waals surface area contributed by atoms with Gasteiger partial charge in [-0.3, -0.25) is 4.79 Å². The Bertz CT molecular complexity index is 388. The Morgan fingerprint density at radius 1 is 1.65 bits per heavy atom. The molecule has 0 radical (unpaired) electrons. The van der Waals surface area contributed by atoms with Crippen molar-refractivity contribution >= 4 is 29.3 Å². The van der Waals surface area contributed by atoms with Gasteiger partial charge in [-0.05, 0) is 0 Å². The number of anilines is 2. The van der Waals surface area contributed by atoms with Crippen molar-refractivity contribution in [1.29, 1.82) is 0 Å². The Kier molecular flexibility index (Phi) is 5.44. The molecule has 1 rings (SSSR count). The summed E-state index contributed by atoms with van der Waals surface area (Å²) < 4.78 is 4.97. The molecule has 1 aromatic heterocycles. The molecule has 4 N–H and O–H groups in total. The Morgan fingerprint density at radius 3 is 3.06 bits per heavy atom. The van der Waals surface area contributed by atoms with Gasteiger partial charge in [0, 0.05) is 13.6 Å². The molecule has 8 heteroatoms. The minimum Gasteiger partial charge on any atom is -0.370 e. The second kappa shape index (κ2) is 6.87. The molecule has 0 spiro atoms. The molecule has 1 amide bonds. The van der Waals surface area contributed by atoms with E-state index in [4.69, 9.17) is 22.1 Å². The number of amides is 1. The lowest BCUT2D eigenvalue weighted by Gasteiger charge is -2.08. The highest BCUT2D eigenvalue weighted by molar-refractivity contribution is 6.32. The van der Waals surface area contributed by atoms with Crippen LogP contribution in [0.4, 0.5) is 11.8 Å². The number of primary amides is 1. The van der Waals surface area contributed by atoms with Crippen molar-refractivity contribution in [2.75, 3.05) is 37.4 Å². The van der Waals surface area contributed by atoms with E-state index in [1.165, 1.54) is 6.20 Å². The molecule has 0 saturated carbocycles. The van der Waals surface area contributed by atoms with Gasteiger partial charge in [0.1, 0.15) is 11.6 Å². The molecule has 0 aliphatic heterocycles. The van der Waals surface area contributed by atoms with Crippen LogP contribution in [0, 0.1) is 0 Å². The van der Waals surface area contributed by atoms with Crippen molar-refractivity contribution in [2.45, 2.75) is 0 Å². The van der Waals surface area contributed by atoms with Crippen LogP contribution in [0.25, 0.3) is 0 Å². The largest absolute Gasteiger partial charge is 0.370 e. The maximum atomic E-state index is 10.4. The van der Waals surface area contributed by atoms with Gasteiger partial charge in [0.15, 0.2) is 5.82 Å². The highest BCUT2D eigenvalue weighted by Gasteiger charge is 2.03. The summed E-state index contributed by atoms with van der Waals surface area (Å²) in [6, 6.07) is 0. The summed E-state index contributed by atoms with van der Waals surface area (Å²) in [4.78, 5) is 18.4. The van der Waals surface area contributed by atoms with Gasteiger partial charge in [-0.25, -0.2) is 4.98 Å². The van der Waals surface area contributed by atoms with Crippen LogP contribution in [-0.2, 0) is 9.53 Å². The Balaban J connectivity index is 2.38. The molecule has 94 valence electrons. The lowest BCUT2D eigenvalue weighted by Crippen LogP contribution is -2.20. The number of nitrogens with zero attached hydrogens (tertiary/aromatic N) is 2. The lowest BCUT2D eigenvalue weighted by atomic mass is 10.5. The average Bonchev–Trinajstić information content (AvgIpc) is 2.30. The molecule has 0 aliphatic rings. The van der Waals surface area contributed by atoms with Crippen molar-refractivity contribution in [1.82, 2.24) is 9.97 Å². The van der Waals surface area contributed by atoms with E-state index in [1.807, 2.05) is 0 Å². The second-order valence-electron chi connectivity index (χ2n) is 3.09. The zero-order chi connectivity index (χ0) is 12.7. The Morgan fingerprint density at radius 2 is 2.41 bits per heavy atom. The quantitative estimate of drug-likeness (QED) is 0.600. The zero-order valence-corrected chi connectivity index (χ0v) is 10.1. The minimum absolute atomic E-state index is 0.0963. The van der Waals surface area contributed by atoms with Gasteiger partial charge < -0.3 is 21.1 Å². The van der Waals surface area contributed by atoms with Gasteiger partial charge in [-0.2, -0.15) is 4.98 Å². The van der Waals surface area contributed by atoms with Crippen molar-refractivity contribution in [3.63, 3.8) is 0 Å². The molecule has 0 unspecified atom stereocenters. The standard InChI is InChI=1S/C9H14ClN5O2/c1-12-9-14-4-6(10)8(15-9)13-2-3-17-5-7(11)16/h4H,2-3,5H2,1H3,(H2,11,16)(H2,12,13,14,15). The predicted octanol–water partition coefficient (Wildman–Crippen LogP) is 0.0855. The Labute approximate surface area is 104 Å². The molecule has 7 nitrogen and oxygen atoms in total. The predicted molar refractivity (Wildman–Crippen MR) is 65.1 cm³/mol. The fraction of sp³-hybridized carbons (Fsp3) is 0.444. The first kappa shape index (κ1) is 13.5. The number of aromatic nitrogens is 2. The fourth-order valence-electron chi connectivity index (χ4n) is 1.03. The van der Waals surface area contributed by atoms with E-state index in [9.17, 15) is 4.79 Å². The number of carbonyl (C=O) groups is 1. The summed E-state index contributed by atoms with van der Waals surface area (Å²) in [5.74, 6) is 0.478. The summed E-state index contributed by atoms with van der Waals surface area (Å²) in [7, 11) is 1.71. The number of nitrogens with one attached hydrogen (secondary N) is 2. The van der Waals surface area contributed by atoms with Crippen LogP contribution in [-0.4, -0.2) is 42.7 Å². The summed E-state index contributed by atoms with van der Waals surface area (Å²) in [6.45, 7) is 0.701. The number of halogens is 1. The molecule has 0 fully saturated rings. The molecule has 0 aromatic carbocycles. The highest BCUT2D eigenvalue weighted by atomic mass is 35.5. The van der Waals surface area contributed by atoms with Crippen molar-refractivity contribution in [3.8, 4) is 0 Å². The number of hydrogen-bond acceptors (Lipinski definition) is 6. The summed E-state index contributed by atoms with van der Waals surface area (Å²) >= 11 is 5.89. The van der Waals surface area contributed by atoms with Gasteiger partial charge in [-0.1, -0.05) is 11.6 Å². The van der Waals surface area contributed by atoms with Crippen molar-refractivity contribution in [3.05, 3.63) is 11.2 Å². The van der Waals surface area contributed by atoms with Gasteiger partial charge in [-0.15, -0.1) is 0 Å². The Hall–Kier alpha value is -1.60. The second-order valence-corrected chi connectivity index (χ2v) is 3.49. The summed E-state index contributed by atoms with van der Waals surface area (Å²) in [5, 5.41) is 6.17. The maximum absolute atomic E-state index is 10.4. The minimum atomic E-state index is -0.498. The van der Waals surface area contributed by atoms with Crippen LogP contribution < -0.4 is 16.4 Å². The van der Waals surface area contributed by atoms with E-state index in [0.717, 1.165) is 0 Å². The van der Waals surface area contributed by atoms with Crippen LogP contribution in [0.2, 0.25) is 5.02 Å².